The standard InChI is InChI=1S/C21H22Cl2N4O2S/c1-13(2)19-20(30-17-9-15(22)8-16(23)10-17)27(12-14-4-3-6-25-11-14)18(26-19)5-7-29-21(24)28/h3-4,6,8-11,13H,5,7,12H2,1-2H3,(H2,24,28). The van der Waals surface area contributed by atoms with Gasteiger partial charge in [-0.25, -0.2) is 9.78 Å². The number of halogens is 2. The minimum absolute atomic E-state index is 0.157. The zero-order valence-electron chi connectivity index (χ0n) is 16.6. The highest BCUT2D eigenvalue weighted by Crippen LogP contribution is 2.37. The van der Waals surface area contributed by atoms with Crippen molar-refractivity contribution in [2.45, 2.75) is 42.7 Å². The van der Waals surface area contributed by atoms with Gasteiger partial charge in [-0.05, 0) is 35.7 Å². The van der Waals surface area contributed by atoms with Crippen molar-refractivity contribution in [2.24, 2.45) is 5.73 Å². The number of nitrogens with two attached hydrogens (primary N) is 1. The molecule has 2 heterocycles. The number of imidazole rings is 1. The van der Waals surface area contributed by atoms with E-state index in [-0.39, 0.29) is 12.5 Å². The van der Waals surface area contributed by atoms with Gasteiger partial charge in [-0.3, -0.25) is 4.98 Å². The van der Waals surface area contributed by atoms with Crippen LogP contribution in [0.2, 0.25) is 10.0 Å². The molecule has 0 bridgehead atoms. The molecule has 1 aromatic carbocycles. The highest BCUT2D eigenvalue weighted by atomic mass is 35.5. The van der Waals surface area contributed by atoms with Crippen LogP contribution in [0.5, 0.6) is 0 Å². The molecule has 0 aliphatic carbocycles. The molecule has 0 radical (unpaired) electrons. The maximum absolute atomic E-state index is 11.0. The molecule has 0 saturated carbocycles. The smallest absolute Gasteiger partial charge is 0.404 e. The second-order valence-corrected chi connectivity index (χ2v) is 8.88. The molecule has 0 saturated heterocycles. The molecule has 158 valence electrons. The van der Waals surface area contributed by atoms with E-state index in [4.69, 9.17) is 38.7 Å². The van der Waals surface area contributed by atoms with E-state index in [0.29, 0.717) is 23.0 Å². The Morgan fingerprint density at radius 1 is 1.27 bits per heavy atom. The maximum atomic E-state index is 11.0. The van der Waals surface area contributed by atoms with Crippen LogP contribution in [0.1, 0.15) is 36.8 Å². The molecule has 9 heteroatoms. The number of primary amides is 1. The van der Waals surface area contributed by atoms with E-state index in [1.165, 1.54) is 0 Å². The van der Waals surface area contributed by atoms with Crippen LogP contribution in [0.3, 0.4) is 0 Å². The van der Waals surface area contributed by atoms with Crippen LogP contribution < -0.4 is 5.73 Å². The van der Waals surface area contributed by atoms with E-state index in [1.807, 2.05) is 30.5 Å². The van der Waals surface area contributed by atoms with Gasteiger partial charge in [-0.1, -0.05) is 54.9 Å². The molecule has 3 aromatic rings. The van der Waals surface area contributed by atoms with Crippen molar-refractivity contribution >= 4 is 41.1 Å². The zero-order chi connectivity index (χ0) is 21.7. The summed E-state index contributed by atoms with van der Waals surface area (Å²) in [4.78, 5) is 21.0. The van der Waals surface area contributed by atoms with Crippen molar-refractivity contribution in [3.05, 3.63) is 69.9 Å². The molecule has 0 aliphatic rings. The number of rotatable bonds is 8. The molecule has 0 atom stereocenters. The van der Waals surface area contributed by atoms with Crippen LogP contribution >= 0.6 is 35.0 Å². The topological polar surface area (TPSA) is 83.0 Å². The number of hydrogen-bond donors (Lipinski definition) is 1. The molecule has 1 amide bonds. The average molecular weight is 465 g/mol. The fourth-order valence-corrected chi connectivity index (χ4v) is 4.87. The highest BCUT2D eigenvalue weighted by molar-refractivity contribution is 7.99. The number of benzene rings is 1. The number of carbonyl (C=O) groups excluding carboxylic acids is 1. The summed E-state index contributed by atoms with van der Waals surface area (Å²) < 4.78 is 7.06. The third-order valence-electron chi connectivity index (χ3n) is 4.26. The number of ether oxygens (including phenoxy) is 1. The Labute approximate surface area is 189 Å². The molecular weight excluding hydrogens is 443 g/mol. The van der Waals surface area contributed by atoms with E-state index in [0.717, 1.165) is 27.0 Å². The molecule has 0 aliphatic heterocycles. The Morgan fingerprint density at radius 3 is 2.60 bits per heavy atom. The van der Waals surface area contributed by atoms with Crippen molar-refractivity contribution in [3.8, 4) is 0 Å². The lowest BCUT2D eigenvalue weighted by Crippen LogP contribution is -2.16. The Bertz CT molecular complexity index is 1010. The first kappa shape index (κ1) is 22.5. The second kappa shape index (κ2) is 10.2. The fourth-order valence-electron chi connectivity index (χ4n) is 2.96. The van der Waals surface area contributed by atoms with Crippen molar-refractivity contribution in [3.63, 3.8) is 0 Å². The Morgan fingerprint density at radius 2 is 2.00 bits per heavy atom. The number of hydrogen-bond acceptors (Lipinski definition) is 5. The van der Waals surface area contributed by atoms with Crippen molar-refractivity contribution in [2.75, 3.05) is 6.61 Å². The van der Waals surface area contributed by atoms with Crippen LogP contribution in [-0.2, 0) is 17.7 Å². The minimum atomic E-state index is -0.799. The van der Waals surface area contributed by atoms with Crippen LogP contribution in [0.25, 0.3) is 0 Å². The summed E-state index contributed by atoms with van der Waals surface area (Å²) in [5.41, 5.74) is 7.09. The number of pyridine rings is 1. The molecule has 0 spiro atoms. The quantitative estimate of drug-likeness (QED) is 0.472. The van der Waals surface area contributed by atoms with Gasteiger partial charge in [0.25, 0.3) is 0 Å². The number of carbonyl (C=O) groups is 1. The van der Waals surface area contributed by atoms with Gasteiger partial charge in [-0.15, -0.1) is 0 Å². The first-order chi connectivity index (χ1) is 14.3. The van der Waals surface area contributed by atoms with E-state index in [9.17, 15) is 4.79 Å². The van der Waals surface area contributed by atoms with Gasteiger partial charge in [0.05, 0.1) is 12.2 Å². The Kier molecular flexibility index (Phi) is 7.64. The molecule has 3 rings (SSSR count). The van der Waals surface area contributed by atoms with Crippen LogP contribution in [0.4, 0.5) is 4.79 Å². The largest absolute Gasteiger partial charge is 0.449 e. The second-order valence-electron chi connectivity index (χ2n) is 6.95. The summed E-state index contributed by atoms with van der Waals surface area (Å²) in [6.45, 7) is 4.92. The predicted molar refractivity (Wildman–Crippen MR) is 119 cm³/mol. The number of amides is 1. The molecule has 2 aromatic heterocycles. The highest BCUT2D eigenvalue weighted by Gasteiger charge is 2.21. The van der Waals surface area contributed by atoms with Crippen LogP contribution in [0.15, 0.2) is 52.6 Å². The van der Waals surface area contributed by atoms with Crippen LogP contribution in [0, 0.1) is 0 Å². The minimum Gasteiger partial charge on any atom is -0.449 e. The monoisotopic (exact) mass is 464 g/mol. The SMILES string of the molecule is CC(C)c1nc(CCOC(N)=O)n(Cc2cccnc2)c1Sc1cc(Cl)cc(Cl)c1. The molecule has 30 heavy (non-hydrogen) atoms. The Hall–Kier alpha value is -2.22. The number of aromatic nitrogens is 3. The van der Waals surface area contributed by atoms with Gasteiger partial charge in [0.2, 0.25) is 0 Å². The summed E-state index contributed by atoms with van der Waals surface area (Å²) in [7, 11) is 0. The molecule has 2 N–H and O–H groups in total. The molecular formula is C21H22Cl2N4O2S. The summed E-state index contributed by atoms with van der Waals surface area (Å²) in [5, 5.41) is 2.13. The van der Waals surface area contributed by atoms with Crippen molar-refractivity contribution < 1.29 is 9.53 Å². The number of nitrogens with zero attached hydrogens (tertiary/aromatic N) is 3. The summed E-state index contributed by atoms with van der Waals surface area (Å²) >= 11 is 14.0. The summed E-state index contributed by atoms with van der Waals surface area (Å²) in [5.74, 6) is 0.993. The fraction of sp³-hybridized carbons (Fsp3) is 0.286. The maximum Gasteiger partial charge on any atom is 0.404 e. The summed E-state index contributed by atoms with van der Waals surface area (Å²) in [6, 6.07) is 9.36. The Balaban J connectivity index is 2.03. The molecule has 0 unspecified atom stereocenters. The van der Waals surface area contributed by atoms with Gasteiger partial charge < -0.3 is 15.0 Å². The first-order valence-corrected chi connectivity index (χ1v) is 10.9. The van der Waals surface area contributed by atoms with E-state index in [2.05, 4.69) is 23.4 Å². The van der Waals surface area contributed by atoms with E-state index >= 15 is 0 Å². The van der Waals surface area contributed by atoms with E-state index in [1.54, 1.807) is 24.0 Å². The molecule has 6 nitrogen and oxygen atoms in total. The lowest BCUT2D eigenvalue weighted by atomic mass is 10.1. The summed E-state index contributed by atoms with van der Waals surface area (Å²) in [6.07, 6.45) is 3.21. The van der Waals surface area contributed by atoms with E-state index < -0.39 is 6.09 Å². The lowest BCUT2D eigenvalue weighted by molar-refractivity contribution is 0.157. The van der Waals surface area contributed by atoms with Gasteiger partial charge in [0.1, 0.15) is 17.5 Å². The van der Waals surface area contributed by atoms with Gasteiger partial charge in [-0.2, -0.15) is 0 Å². The first-order valence-electron chi connectivity index (χ1n) is 9.38. The lowest BCUT2D eigenvalue weighted by Gasteiger charge is -2.14. The normalized spacial score (nSPS) is 11.1. The van der Waals surface area contributed by atoms with Gasteiger partial charge >= 0.3 is 6.09 Å². The van der Waals surface area contributed by atoms with Gasteiger partial charge in [0, 0.05) is 33.8 Å². The zero-order valence-corrected chi connectivity index (χ0v) is 19.0. The predicted octanol–water partition coefficient (Wildman–Crippen LogP) is 5.55. The average Bonchev–Trinajstić information content (AvgIpc) is 2.99. The van der Waals surface area contributed by atoms with Crippen molar-refractivity contribution in [1.29, 1.82) is 0 Å². The van der Waals surface area contributed by atoms with Gasteiger partial charge in [0.15, 0.2) is 0 Å². The van der Waals surface area contributed by atoms with Crippen molar-refractivity contribution in [1.82, 2.24) is 14.5 Å². The molecule has 0 fully saturated rings. The third kappa shape index (κ3) is 5.90. The third-order valence-corrected chi connectivity index (χ3v) is 5.79. The van der Waals surface area contributed by atoms with Crippen LogP contribution in [-0.4, -0.2) is 27.2 Å².